The number of aliphatic hydroxyl groups is 1. The van der Waals surface area contributed by atoms with Crippen LogP contribution in [0.3, 0.4) is 0 Å². The van der Waals surface area contributed by atoms with Gasteiger partial charge in [0.05, 0.1) is 0 Å². The number of hydrogen-bond donors (Lipinski definition) is 1. The van der Waals surface area contributed by atoms with E-state index >= 15 is 0 Å². The summed E-state index contributed by atoms with van der Waals surface area (Å²) in [5.41, 5.74) is 0. The predicted octanol–water partition coefficient (Wildman–Crippen LogP) is -1.43. The van der Waals surface area contributed by atoms with Crippen molar-refractivity contribution in [1.29, 1.82) is 0 Å². The van der Waals surface area contributed by atoms with Crippen molar-refractivity contribution in [2.75, 3.05) is 6.51 Å². The van der Waals surface area contributed by atoms with Gasteiger partial charge in [-0.05, 0) is 0 Å². The first-order valence-electron chi connectivity index (χ1n) is 1.02. The average Bonchev–Trinajstić information content (AvgIpc) is 0.918. The van der Waals surface area contributed by atoms with Crippen LogP contribution in [-0.2, 0) is 32.7 Å². The maximum atomic E-state index is 7.57. The van der Waals surface area contributed by atoms with Crippen molar-refractivity contribution < 1.29 is 37.8 Å². The Balaban J connectivity index is 0. The zero-order valence-electron chi connectivity index (χ0n) is 2.73. The number of rotatable bonds is 0. The van der Waals surface area contributed by atoms with Crippen LogP contribution in [0, 0.1) is 0 Å². The molecule has 0 bridgehead atoms. The first-order chi connectivity index (χ1) is 1.41. The molecule has 0 spiro atoms. The second-order valence-corrected chi connectivity index (χ2v) is 0.316. The van der Waals surface area contributed by atoms with Crippen LogP contribution < -0.4 is 0 Å². The number of aliphatic hydroxyl groups excluding tert-OH is 1. The maximum absolute atomic E-state index is 7.57. The molecule has 0 fully saturated rings. The average molecular weight is 133 g/mol. The summed E-state index contributed by atoms with van der Waals surface area (Å²) in [6.07, 6.45) is 0. The maximum Gasteiger partial charge on any atom is 0.134 e. The second kappa shape index (κ2) is 8.92. The largest absolute Gasteiger partial charge is 0.405 e. The second-order valence-electron chi connectivity index (χ2n) is 0.316. The molecule has 0 aliphatic rings. The number of hydrogen-bond acceptors (Lipinski definition) is 1. The van der Waals surface area contributed by atoms with Crippen LogP contribution in [0.25, 0.3) is 0 Å². The third-order valence-corrected chi connectivity index (χ3v) is 0. The van der Waals surface area contributed by atoms with Gasteiger partial charge in [0.15, 0.2) is 0 Å². The van der Waals surface area contributed by atoms with Crippen molar-refractivity contribution in [3.63, 3.8) is 0 Å². The molecular formula is CH5BOY. The van der Waals surface area contributed by atoms with Gasteiger partial charge >= 0.3 is 0 Å². The fourth-order valence-corrected chi connectivity index (χ4v) is 0. The van der Waals surface area contributed by atoms with Gasteiger partial charge in [-0.3, -0.25) is 0 Å². The van der Waals surface area contributed by atoms with Gasteiger partial charge in [0, 0.05) is 39.2 Å². The van der Waals surface area contributed by atoms with E-state index in [-0.39, 0.29) is 39.2 Å². The molecule has 0 aromatic heterocycles. The minimum absolute atomic E-state index is 0. The van der Waals surface area contributed by atoms with Crippen LogP contribution in [0.2, 0.25) is 0 Å². The molecule has 4 heavy (non-hydrogen) atoms. The van der Waals surface area contributed by atoms with Crippen molar-refractivity contribution in [3.8, 4) is 0 Å². The fraction of sp³-hybridized carbons (Fsp3) is 1.00. The molecule has 0 aliphatic carbocycles. The summed E-state index contributed by atoms with van der Waals surface area (Å²) in [4.78, 5) is 0. The zero-order chi connectivity index (χ0) is 2.71. The zero-order valence-corrected chi connectivity index (χ0v) is 5.57. The molecule has 0 aromatic rings. The Labute approximate surface area is 52.1 Å². The molecule has 1 radical (unpaired) electrons. The Morgan fingerprint density at radius 2 is 1.75 bits per heavy atom. The molecule has 0 aromatic carbocycles. The Morgan fingerprint density at radius 1 is 1.75 bits per heavy atom. The first-order valence-corrected chi connectivity index (χ1v) is 1.02. The van der Waals surface area contributed by atoms with E-state index < -0.39 is 0 Å². The molecule has 0 atom stereocenters. The van der Waals surface area contributed by atoms with E-state index in [1.54, 1.807) is 7.85 Å². The van der Waals surface area contributed by atoms with Crippen LogP contribution >= 0.6 is 0 Å². The normalized spacial score (nSPS) is 4.25. The SMILES string of the molecule is BCO.[Y]. The van der Waals surface area contributed by atoms with E-state index in [1.807, 2.05) is 0 Å². The minimum Gasteiger partial charge on any atom is -0.405 e. The summed E-state index contributed by atoms with van der Waals surface area (Å²) in [6, 6.07) is 0. The van der Waals surface area contributed by atoms with Gasteiger partial charge in [-0.1, -0.05) is 0 Å². The Kier molecular flexibility index (Phi) is 19.9. The summed E-state index contributed by atoms with van der Waals surface area (Å²) in [5, 5.41) is 7.57. The van der Waals surface area contributed by atoms with Crippen molar-refractivity contribution in [2.24, 2.45) is 0 Å². The fourth-order valence-electron chi connectivity index (χ4n) is 0. The van der Waals surface area contributed by atoms with Crippen LogP contribution in [0.15, 0.2) is 0 Å². The summed E-state index contributed by atoms with van der Waals surface area (Å²) < 4.78 is 0. The summed E-state index contributed by atoms with van der Waals surface area (Å²) >= 11 is 0. The molecule has 1 nitrogen and oxygen atoms in total. The van der Waals surface area contributed by atoms with Gasteiger partial charge in [-0.15, -0.1) is 0 Å². The molecule has 1 N–H and O–H groups in total. The topological polar surface area (TPSA) is 20.2 Å². The molecule has 0 saturated carbocycles. The smallest absolute Gasteiger partial charge is 0.134 e. The van der Waals surface area contributed by atoms with E-state index in [4.69, 9.17) is 5.11 Å². The van der Waals surface area contributed by atoms with Crippen molar-refractivity contribution in [1.82, 2.24) is 0 Å². The molecule has 21 valence electrons. The van der Waals surface area contributed by atoms with Crippen molar-refractivity contribution >= 4 is 7.85 Å². The van der Waals surface area contributed by atoms with Gasteiger partial charge in [0.25, 0.3) is 0 Å². The van der Waals surface area contributed by atoms with E-state index in [9.17, 15) is 0 Å². The summed E-state index contributed by atoms with van der Waals surface area (Å²) in [7, 11) is 1.68. The molecule has 0 saturated heterocycles. The van der Waals surface area contributed by atoms with E-state index in [0.29, 0.717) is 0 Å². The van der Waals surface area contributed by atoms with Gasteiger partial charge in [-0.25, -0.2) is 0 Å². The molecule has 0 rings (SSSR count). The molecule has 0 aliphatic heterocycles. The van der Waals surface area contributed by atoms with E-state index in [1.165, 1.54) is 0 Å². The van der Waals surface area contributed by atoms with Crippen LogP contribution in [0.1, 0.15) is 0 Å². The van der Waals surface area contributed by atoms with Crippen molar-refractivity contribution in [2.45, 2.75) is 0 Å². The van der Waals surface area contributed by atoms with E-state index in [0.717, 1.165) is 0 Å². The first kappa shape index (κ1) is 8.93. The Morgan fingerprint density at radius 3 is 1.75 bits per heavy atom. The molecule has 0 unspecified atom stereocenters. The Bertz CT molecular complexity index is 8.00. The molecule has 3 heteroatoms. The van der Waals surface area contributed by atoms with Gasteiger partial charge < -0.3 is 5.11 Å². The summed E-state index contributed by atoms with van der Waals surface area (Å²) in [5.74, 6) is 0. The third-order valence-electron chi connectivity index (χ3n) is 0. The predicted molar refractivity (Wildman–Crippen MR) is 15.6 cm³/mol. The quantitative estimate of drug-likeness (QED) is 0.401. The van der Waals surface area contributed by atoms with Gasteiger partial charge in [-0.2, -0.15) is 0 Å². The third kappa shape index (κ3) is 11.1. The van der Waals surface area contributed by atoms with Gasteiger partial charge in [0.2, 0.25) is 0 Å². The van der Waals surface area contributed by atoms with Crippen molar-refractivity contribution in [3.05, 3.63) is 0 Å². The molecular weight excluding hydrogens is 128 g/mol. The van der Waals surface area contributed by atoms with Crippen LogP contribution in [0.4, 0.5) is 0 Å². The van der Waals surface area contributed by atoms with Gasteiger partial charge in [0.1, 0.15) is 7.85 Å². The van der Waals surface area contributed by atoms with Crippen LogP contribution in [-0.4, -0.2) is 19.5 Å². The molecule has 0 amide bonds. The van der Waals surface area contributed by atoms with E-state index in [2.05, 4.69) is 0 Å². The molecule has 0 heterocycles. The minimum atomic E-state index is 0. The monoisotopic (exact) mass is 133 g/mol. The standard InChI is InChI=1S/CH5BO.Y/c2-1-3;/h3H,1-2H2;. The Hall–Kier alpha value is 1.13. The summed E-state index contributed by atoms with van der Waals surface area (Å²) in [6.45, 7) is 0.250. The van der Waals surface area contributed by atoms with Crippen LogP contribution in [0.5, 0.6) is 0 Å².